The molecule has 1 amide bonds. The van der Waals surface area contributed by atoms with Gasteiger partial charge >= 0.3 is 0 Å². The first-order chi connectivity index (χ1) is 6.24. The average Bonchev–Trinajstić information content (AvgIpc) is 2.55. The highest BCUT2D eigenvalue weighted by Gasteiger charge is 2.09. The van der Waals surface area contributed by atoms with Crippen molar-refractivity contribution in [3.05, 3.63) is 18.0 Å². The van der Waals surface area contributed by atoms with Gasteiger partial charge in [-0.15, -0.1) is 0 Å². The number of H-pyrrole nitrogens is 1. The predicted molar refractivity (Wildman–Crippen MR) is 45.4 cm³/mol. The van der Waals surface area contributed by atoms with E-state index in [9.17, 15) is 4.79 Å². The second-order valence-corrected chi connectivity index (χ2v) is 2.64. The first kappa shape index (κ1) is 9.26. The molecule has 1 aromatic heterocycles. The third-order valence-corrected chi connectivity index (χ3v) is 1.61. The minimum absolute atomic E-state index is 0.113. The Labute approximate surface area is 75.8 Å². The molecule has 0 saturated heterocycles. The number of amides is 1. The number of aromatic amines is 1. The van der Waals surface area contributed by atoms with Crippen LogP contribution >= 0.6 is 0 Å². The molecule has 1 atom stereocenters. The third-order valence-electron chi connectivity index (χ3n) is 1.61. The Hall–Kier alpha value is -1.83. The van der Waals surface area contributed by atoms with Crippen LogP contribution in [0.4, 0.5) is 0 Å². The topological polar surface area (TPSA) is 81.6 Å². The van der Waals surface area contributed by atoms with E-state index < -0.39 is 0 Å². The van der Waals surface area contributed by atoms with Crippen molar-refractivity contribution in [1.29, 1.82) is 5.26 Å². The summed E-state index contributed by atoms with van der Waals surface area (Å²) in [6.07, 6.45) is 1.50. The molecule has 0 aromatic carbocycles. The Morgan fingerprint density at radius 3 is 3.23 bits per heavy atom. The monoisotopic (exact) mass is 178 g/mol. The smallest absolute Gasteiger partial charge is 0.234 e. The number of carbonyl (C=O) groups is 1. The molecular weight excluding hydrogens is 168 g/mol. The fourth-order valence-corrected chi connectivity index (χ4v) is 0.950. The van der Waals surface area contributed by atoms with Gasteiger partial charge in [-0.3, -0.25) is 9.89 Å². The van der Waals surface area contributed by atoms with E-state index in [0.29, 0.717) is 0 Å². The maximum absolute atomic E-state index is 11.0. The van der Waals surface area contributed by atoms with Crippen molar-refractivity contribution in [3.8, 4) is 6.07 Å². The molecule has 68 valence electrons. The zero-order valence-corrected chi connectivity index (χ0v) is 7.24. The van der Waals surface area contributed by atoms with Gasteiger partial charge in [-0.2, -0.15) is 10.4 Å². The number of hydrogen-bond donors (Lipinski definition) is 2. The van der Waals surface area contributed by atoms with Gasteiger partial charge in [0.25, 0.3) is 0 Å². The SMILES string of the molecule is CC(NC(=O)CC#N)c1ccn[nH]1. The lowest BCUT2D eigenvalue weighted by Crippen LogP contribution is -2.26. The van der Waals surface area contributed by atoms with Crippen LogP contribution in [0.5, 0.6) is 0 Å². The van der Waals surface area contributed by atoms with Gasteiger partial charge < -0.3 is 5.32 Å². The first-order valence-electron chi connectivity index (χ1n) is 3.89. The van der Waals surface area contributed by atoms with Crippen LogP contribution in [0.15, 0.2) is 12.3 Å². The van der Waals surface area contributed by atoms with Gasteiger partial charge in [0, 0.05) is 6.20 Å². The fraction of sp³-hybridized carbons (Fsp3) is 0.375. The lowest BCUT2D eigenvalue weighted by atomic mass is 10.2. The maximum atomic E-state index is 11.0. The van der Waals surface area contributed by atoms with E-state index in [1.54, 1.807) is 18.3 Å². The minimum Gasteiger partial charge on any atom is -0.347 e. The number of rotatable bonds is 3. The second kappa shape index (κ2) is 4.26. The molecule has 5 nitrogen and oxygen atoms in total. The summed E-state index contributed by atoms with van der Waals surface area (Å²) in [7, 11) is 0. The molecule has 1 rings (SSSR count). The summed E-state index contributed by atoms with van der Waals surface area (Å²) in [6, 6.07) is 3.42. The van der Waals surface area contributed by atoms with Gasteiger partial charge in [0.05, 0.1) is 17.8 Å². The van der Waals surface area contributed by atoms with Crippen LogP contribution < -0.4 is 5.32 Å². The molecule has 13 heavy (non-hydrogen) atoms. The number of hydrogen-bond acceptors (Lipinski definition) is 3. The highest BCUT2D eigenvalue weighted by molar-refractivity contribution is 5.78. The van der Waals surface area contributed by atoms with Crippen molar-refractivity contribution >= 4 is 5.91 Å². The highest BCUT2D eigenvalue weighted by atomic mass is 16.1. The van der Waals surface area contributed by atoms with Gasteiger partial charge in [0.15, 0.2) is 0 Å². The van der Waals surface area contributed by atoms with E-state index in [4.69, 9.17) is 5.26 Å². The van der Waals surface area contributed by atoms with Crippen molar-refractivity contribution in [2.24, 2.45) is 0 Å². The molecular formula is C8H10N4O. The quantitative estimate of drug-likeness (QED) is 0.707. The van der Waals surface area contributed by atoms with Crippen LogP contribution in [0.1, 0.15) is 25.1 Å². The molecule has 0 radical (unpaired) electrons. The van der Waals surface area contributed by atoms with Gasteiger partial charge in [0.2, 0.25) is 5.91 Å². The molecule has 0 saturated carbocycles. The fourth-order valence-electron chi connectivity index (χ4n) is 0.950. The number of aromatic nitrogens is 2. The lowest BCUT2D eigenvalue weighted by Gasteiger charge is -2.09. The first-order valence-corrected chi connectivity index (χ1v) is 3.89. The maximum Gasteiger partial charge on any atom is 0.234 e. The summed E-state index contributed by atoms with van der Waals surface area (Å²) in [5, 5.41) is 17.4. The van der Waals surface area contributed by atoms with Gasteiger partial charge in [-0.05, 0) is 13.0 Å². The molecule has 5 heteroatoms. The third kappa shape index (κ3) is 2.60. The highest BCUT2D eigenvalue weighted by Crippen LogP contribution is 2.06. The Morgan fingerprint density at radius 1 is 1.92 bits per heavy atom. The summed E-state index contributed by atoms with van der Waals surface area (Å²) >= 11 is 0. The Kier molecular flexibility index (Phi) is 3.03. The number of carbonyl (C=O) groups excluding carboxylic acids is 1. The molecule has 0 fully saturated rings. The predicted octanol–water partition coefficient (Wildman–Crippen LogP) is 0.501. The van der Waals surface area contributed by atoms with Crippen LogP contribution in [0.2, 0.25) is 0 Å². The van der Waals surface area contributed by atoms with E-state index in [2.05, 4.69) is 15.5 Å². The molecule has 0 aliphatic heterocycles. The van der Waals surface area contributed by atoms with E-state index in [0.717, 1.165) is 5.69 Å². The van der Waals surface area contributed by atoms with E-state index in [1.165, 1.54) is 0 Å². The molecule has 1 unspecified atom stereocenters. The van der Waals surface area contributed by atoms with Gasteiger partial charge in [0.1, 0.15) is 6.42 Å². The number of nitrogens with one attached hydrogen (secondary N) is 2. The molecule has 0 aliphatic rings. The summed E-state index contributed by atoms with van der Waals surface area (Å²) in [5.41, 5.74) is 0.825. The van der Waals surface area contributed by atoms with Crippen molar-refractivity contribution in [3.63, 3.8) is 0 Å². The summed E-state index contributed by atoms with van der Waals surface area (Å²) in [6.45, 7) is 1.82. The van der Waals surface area contributed by atoms with Gasteiger partial charge in [-0.25, -0.2) is 0 Å². The zero-order valence-electron chi connectivity index (χ0n) is 7.24. The van der Waals surface area contributed by atoms with Gasteiger partial charge in [-0.1, -0.05) is 0 Å². The minimum atomic E-state index is -0.274. The van der Waals surface area contributed by atoms with Crippen LogP contribution in [-0.4, -0.2) is 16.1 Å². The summed E-state index contributed by atoms with van der Waals surface area (Å²) < 4.78 is 0. The molecule has 0 aliphatic carbocycles. The summed E-state index contributed by atoms with van der Waals surface area (Å²) in [4.78, 5) is 11.0. The van der Waals surface area contributed by atoms with Crippen LogP contribution in [-0.2, 0) is 4.79 Å². The van der Waals surface area contributed by atoms with E-state index in [-0.39, 0.29) is 18.4 Å². The lowest BCUT2D eigenvalue weighted by molar-refractivity contribution is -0.120. The Bertz CT molecular complexity index is 311. The Morgan fingerprint density at radius 2 is 2.69 bits per heavy atom. The van der Waals surface area contributed by atoms with E-state index >= 15 is 0 Å². The molecule has 0 spiro atoms. The second-order valence-electron chi connectivity index (χ2n) is 2.64. The van der Waals surface area contributed by atoms with Crippen LogP contribution in [0, 0.1) is 11.3 Å². The van der Waals surface area contributed by atoms with Crippen molar-refractivity contribution in [2.45, 2.75) is 19.4 Å². The number of nitriles is 1. The molecule has 1 aromatic rings. The van der Waals surface area contributed by atoms with Crippen molar-refractivity contribution < 1.29 is 4.79 Å². The van der Waals surface area contributed by atoms with Crippen LogP contribution in [0.3, 0.4) is 0 Å². The largest absolute Gasteiger partial charge is 0.347 e. The van der Waals surface area contributed by atoms with E-state index in [1.807, 2.05) is 6.92 Å². The summed E-state index contributed by atoms with van der Waals surface area (Å²) in [5.74, 6) is -0.274. The normalized spacial score (nSPS) is 11.7. The zero-order chi connectivity index (χ0) is 9.68. The molecule has 2 N–H and O–H groups in total. The molecule has 1 heterocycles. The standard InChI is InChI=1S/C8H10N4O/c1-6(7-3-5-10-12-7)11-8(13)2-4-9/h3,5-6H,2H2,1H3,(H,10,12)(H,11,13). The van der Waals surface area contributed by atoms with Crippen molar-refractivity contribution in [1.82, 2.24) is 15.5 Å². The molecule has 0 bridgehead atoms. The number of nitrogens with zero attached hydrogens (tertiary/aromatic N) is 2. The Balaban J connectivity index is 2.47. The average molecular weight is 178 g/mol. The van der Waals surface area contributed by atoms with Crippen molar-refractivity contribution in [2.75, 3.05) is 0 Å². The van der Waals surface area contributed by atoms with Crippen LogP contribution in [0.25, 0.3) is 0 Å².